The first-order valence-corrected chi connectivity index (χ1v) is 9.68. The molecule has 0 saturated heterocycles. The Kier molecular flexibility index (Phi) is 14.6. The van der Waals surface area contributed by atoms with Gasteiger partial charge in [-0.3, -0.25) is 4.79 Å². The maximum absolute atomic E-state index is 11.5. The van der Waals surface area contributed by atoms with Crippen molar-refractivity contribution < 1.29 is 19.0 Å². The summed E-state index contributed by atoms with van der Waals surface area (Å²) >= 11 is 0. The zero-order chi connectivity index (χ0) is 19.1. The second kappa shape index (κ2) is 15.2. The van der Waals surface area contributed by atoms with Crippen LogP contribution in [-0.2, 0) is 19.0 Å². The summed E-state index contributed by atoms with van der Waals surface area (Å²) in [5, 5.41) is 0. The summed E-state index contributed by atoms with van der Waals surface area (Å²) < 4.78 is 16.6. The van der Waals surface area contributed by atoms with Gasteiger partial charge in [0.05, 0.1) is 19.8 Å². The predicted octanol–water partition coefficient (Wildman–Crippen LogP) is 4.81. The Morgan fingerprint density at radius 1 is 0.800 bits per heavy atom. The number of rotatable bonds is 13. The van der Waals surface area contributed by atoms with Crippen molar-refractivity contribution in [1.29, 1.82) is 0 Å². The van der Waals surface area contributed by atoms with Gasteiger partial charge in [0.15, 0.2) is 0 Å². The molecule has 0 aromatic carbocycles. The van der Waals surface area contributed by atoms with E-state index in [-0.39, 0.29) is 5.97 Å². The van der Waals surface area contributed by atoms with Crippen LogP contribution in [0.1, 0.15) is 73.6 Å². The first-order valence-electron chi connectivity index (χ1n) is 9.68. The van der Waals surface area contributed by atoms with Crippen molar-refractivity contribution in [2.45, 2.75) is 79.9 Å². The molecule has 146 valence electrons. The van der Waals surface area contributed by atoms with E-state index in [1.54, 1.807) is 0 Å². The number of hydrogen-bond acceptors (Lipinski definition) is 4. The molecule has 0 amide bonds. The maximum atomic E-state index is 11.5. The molecular weight excluding hydrogens is 316 g/mol. The second-order valence-electron chi connectivity index (χ2n) is 7.74. The normalized spacial score (nSPS) is 11.3. The molecule has 0 aliphatic heterocycles. The molecule has 0 radical (unpaired) electrons. The lowest BCUT2D eigenvalue weighted by Crippen LogP contribution is -2.20. The van der Waals surface area contributed by atoms with E-state index in [0.717, 1.165) is 25.7 Å². The van der Waals surface area contributed by atoms with Crippen LogP contribution in [0.15, 0.2) is 0 Å². The van der Waals surface area contributed by atoms with Crippen LogP contribution in [0.3, 0.4) is 0 Å². The number of esters is 1. The Hall–Kier alpha value is -1.05. The Balaban J connectivity index is 3.91. The molecule has 0 atom stereocenters. The van der Waals surface area contributed by atoms with E-state index in [4.69, 9.17) is 14.2 Å². The molecule has 0 bridgehead atoms. The van der Waals surface area contributed by atoms with Gasteiger partial charge in [-0.1, -0.05) is 53.9 Å². The quantitative estimate of drug-likeness (QED) is 0.206. The van der Waals surface area contributed by atoms with Crippen molar-refractivity contribution >= 4 is 5.97 Å². The minimum atomic E-state index is -0.434. The van der Waals surface area contributed by atoms with Gasteiger partial charge in [-0.25, -0.2) is 0 Å². The highest BCUT2D eigenvalue weighted by Crippen LogP contribution is 2.06. The number of unbranched alkanes of at least 4 members (excludes halogenated alkanes) is 3. The van der Waals surface area contributed by atoms with E-state index in [1.165, 1.54) is 0 Å². The van der Waals surface area contributed by atoms with Gasteiger partial charge in [-0.05, 0) is 36.5 Å². The number of carbonyl (C=O) groups is 1. The summed E-state index contributed by atoms with van der Waals surface area (Å²) in [6, 6.07) is 0. The van der Waals surface area contributed by atoms with E-state index in [0.29, 0.717) is 44.0 Å². The molecule has 0 aromatic rings. The Morgan fingerprint density at radius 2 is 1.36 bits per heavy atom. The van der Waals surface area contributed by atoms with E-state index in [9.17, 15) is 4.79 Å². The van der Waals surface area contributed by atoms with Gasteiger partial charge in [0.1, 0.15) is 0 Å². The largest absolute Gasteiger partial charge is 0.465 e. The van der Waals surface area contributed by atoms with Gasteiger partial charge in [-0.15, -0.1) is 0 Å². The molecular formula is C21H38O4. The lowest BCUT2D eigenvalue weighted by atomic mass is 10.1. The van der Waals surface area contributed by atoms with Gasteiger partial charge in [0.25, 0.3) is 0 Å². The monoisotopic (exact) mass is 354 g/mol. The third-order valence-electron chi connectivity index (χ3n) is 3.14. The fraction of sp³-hybridized carbons (Fsp3) is 0.857. The van der Waals surface area contributed by atoms with Crippen LogP contribution in [0.4, 0.5) is 0 Å². The highest BCUT2D eigenvalue weighted by molar-refractivity contribution is 5.69. The van der Waals surface area contributed by atoms with E-state index in [2.05, 4.69) is 39.5 Å². The predicted molar refractivity (Wildman–Crippen MR) is 102 cm³/mol. The molecule has 4 heteroatoms. The van der Waals surface area contributed by atoms with Crippen molar-refractivity contribution in [2.24, 2.45) is 17.8 Å². The maximum Gasteiger partial charge on any atom is 0.305 e. The summed E-state index contributed by atoms with van der Waals surface area (Å²) in [6.45, 7) is 14.3. The molecule has 4 nitrogen and oxygen atoms in total. The summed E-state index contributed by atoms with van der Waals surface area (Å²) in [6.07, 6.45) is 3.68. The summed E-state index contributed by atoms with van der Waals surface area (Å²) in [4.78, 5) is 11.5. The topological polar surface area (TPSA) is 44.8 Å². The Labute approximate surface area is 155 Å². The molecule has 0 N–H and O–H groups in total. The van der Waals surface area contributed by atoms with Crippen molar-refractivity contribution in [3.05, 3.63) is 0 Å². The summed E-state index contributed by atoms with van der Waals surface area (Å²) in [7, 11) is 0. The van der Waals surface area contributed by atoms with Crippen LogP contribution < -0.4 is 0 Å². The number of hydrogen-bond donors (Lipinski definition) is 0. The van der Waals surface area contributed by atoms with Gasteiger partial charge < -0.3 is 14.2 Å². The van der Waals surface area contributed by atoms with Crippen molar-refractivity contribution in [3.8, 4) is 11.8 Å². The molecule has 0 aromatic heterocycles. The zero-order valence-electron chi connectivity index (χ0n) is 17.1. The molecule has 0 aliphatic carbocycles. The molecule has 0 heterocycles. The van der Waals surface area contributed by atoms with Crippen LogP contribution in [0, 0.1) is 29.6 Å². The highest BCUT2D eigenvalue weighted by atomic mass is 16.7. The minimum Gasteiger partial charge on any atom is -0.465 e. The molecule has 0 rings (SSSR count). The first kappa shape index (κ1) is 23.9. The number of carbonyl (C=O) groups excluding carboxylic acids is 1. The van der Waals surface area contributed by atoms with Gasteiger partial charge in [-0.2, -0.15) is 0 Å². The molecule has 0 fully saturated rings. The first-order chi connectivity index (χ1) is 11.8. The SMILES string of the molecule is CC(C)COC(=O)CCCCCC#CC(OCC(C)C)OCC(C)C. The average molecular weight is 355 g/mol. The lowest BCUT2D eigenvalue weighted by Gasteiger charge is -2.16. The molecule has 0 unspecified atom stereocenters. The average Bonchev–Trinajstić information content (AvgIpc) is 2.53. The van der Waals surface area contributed by atoms with Gasteiger partial charge in [0, 0.05) is 12.8 Å². The van der Waals surface area contributed by atoms with E-state index in [1.807, 2.05) is 13.8 Å². The molecule has 0 saturated carbocycles. The van der Waals surface area contributed by atoms with Crippen molar-refractivity contribution in [3.63, 3.8) is 0 Å². The van der Waals surface area contributed by atoms with Crippen LogP contribution in [0.5, 0.6) is 0 Å². The smallest absolute Gasteiger partial charge is 0.305 e. The van der Waals surface area contributed by atoms with Crippen LogP contribution >= 0.6 is 0 Å². The standard InChI is InChI=1S/C21H38O4/c1-17(2)14-23-20(22)12-10-8-7-9-11-13-21(24-15-18(3)4)25-16-19(5)6/h17-19,21H,7-10,12,14-16H2,1-6H3. The van der Waals surface area contributed by atoms with Crippen LogP contribution in [0.25, 0.3) is 0 Å². The zero-order valence-corrected chi connectivity index (χ0v) is 17.1. The molecule has 25 heavy (non-hydrogen) atoms. The fourth-order valence-corrected chi connectivity index (χ4v) is 1.84. The summed E-state index contributed by atoms with van der Waals surface area (Å²) in [5.74, 6) is 7.44. The minimum absolute atomic E-state index is 0.0935. The van der Waals surface area contributed by atoms with Crippen molar-refractivity contribution in [2.75, 3.05) is 19.8 Å². The molecule has 0 aliphatic rings. The van der Waals surface area contributed by atoms with Crippen LogP contribution in [-0.4, -0.2) is 32.1 Å². The Morgan fingerprint density at radius 3 is 1.88 bits per heavy atom. The number of ether oxygens (including phenoxy) is 3. The third-order valence-corrected chi connectivity index (χ3v) is 3.14. The second-order valence-corrected chi connectivity index (χ2v) is 7.74. The lowest BCUT2D eigenvalue weighted by molar-refractivity contribution is -0.144. The molecule has 0 spiro atoms. The fourth-order valence-electron chi connectivity index (χ4n) is 1.84. The Bertz CT molecular complexity index is 378. The third kappa shape index (κ3) is 17.6. The van der Waals surface area contributed by atoms with E-state index >= 15 is 0 Å². The summed E-state index contributed by atoms with van der Waals surface area (Å²) in [5.41, 5.74) is 0. The van der Waals surface area contributed by atoms with Crippen molar-refractivity contribution in [1.82, 2.24) is 0 Å². The van der Waals surface area contributed by atoms with Crippen LogP contribution in [0.2, 0.25) is 0 Å². The van der Waals surface area contributed by atoms with Gasteiger partial charge >= 0.3 is 5.97 Å². The highest BCUT2D eigenvalue weighted by Gasteiger charge is 2.08. The van der Waals surface area contributed by atoms with Gasteiger partial charge in [0.2, 0.25) is 6.29 Å². The van der Waals surface area contributed by atoms with E-state index < -0.39 is 6.29 Å².